The molecular formula is C57H110O6. The zero-order valence-corrected chi connectivity index (χ0v) is 43.4. The van der Waals surface area contributed by atoms with E-state index in [-0.39, 0.29) is 31.1 Å². The van der Waals surface area contributed by atoms with Gasteiger partial charge in [-0.2, -0.15) is 0 Å². The van der Waals surface area contributed by atoms with Crippen LogP contribution in [0.3, 0.4) is 0 Å². The second-order valence-electron chi connectivity index (χ2n) is 21.0. The number of esters is 3. The quantitative estimate of drug-likeness (QED) is 0.0344. The molecule has 0 radical (unpaired) electrons. The van der Waals surface area contributed by atoms with Crippen molar-refractivity contribution in [3.05, 3.63) is 0 Å². The lowest BCUT2D eigenvalue weighted by molar-refractivity contribution is -0.167. The minimum atomic E-state index is -0.763. The molecule has 0 heterocycles. The van der Waals surface area contributed by atoms with Crippen molar-refractivity contribution < 1.29 is 28.6 Å². The molecule has 0 bridgehead atoms. The van der Waals surface area contributed by atoms with Gasteiger partial charge in [-0.3, -0.25) is 14.4 Å². The van der Waals surface area contributed by atoms with E-state index in [4.69, 9.17) is 14.2 Å². The summed E-state index contributed by atoms with van der Waals surface area (Å²) in [5.41, 5.74) is 0. The Kier molecular flexibility index (Phi) is 47.1. The SMILES string of the molecule is CC(C)CCCCCCCCCCCCCCCCCCC(=O)OC[C@@H](COC(=O)CCCCCCCCCCC(C)C)OC(=O)CCCCCCCCCCCCCCC(C)C. The van der Waals surface area contributed by atoms with Crippen molar-refractivity contribution in [2.24, 2.45) is 17.8 Å². The lowest BCUT2D eigenvalue weighted by Crippen LogP contribution is -2.30. The highest BCUT2D eigenvalue weighted by atomic mass is 16.6. The lowest BCUT2D eigenvalue weighted by Gasteiger charge is -2.18. The maximum absolute atomic E-state index is 12.8. The lowest BCUT2D eigenvalue weighted by atomic mass is 10.0. The first-order valence-corrected chi connectivity index (χ1v) is 28.1. The molecule has 374 valence electrons. The van der Waals surface area contributed by atoms with Crippen LogP contribution in [0.15, 0.2) is 0 Å². The summed E-state index contributed by atoms with van der Waals surface area (Å²) in [7, 11) is 0. The van der Waals surface area contributed by atoms with Crippen molar-refractivity contribution in [1.29, 1.82) is 0 Å². The summed E-state index contributed by atoms with van der Waals surface area (Å²) in [4.78, 5) is 38.0. The smallest absolute Gasteiger partial charge is 0.306 e. The van der Waals surface area contributed by atoms with E-state index >= 15 is 0 Å². The highest BCUT2D eigenvalue weighted by molar-refractivity contribution is 5.71. The Bertz CT molecular complexity index is 976. The van der Waals surface area contributed by atoms with E-state index < -0.39 is 6.10 Å². The van der Waals surface area contributed by atoms with Gasteiger partial charge in [-0.05, 0) is 37.0 Å². The summed E-state index contributed by atoms with van der Waals surface area (Å²) >= 11 is 0. The van der Waals surface area contributed by atoms with E-state index in [9.17, 15) is 14.4 Å². The normalized spacial score (nSPS) is 12.1. The molecule has 0 aromatic rings. The van der Waals surface area contributed by atoms with Gasteiger partial charge in [0.2, 0.25) is 0 Å². The largest absolute Gasteiger partial charge is 0.462 e. The first-order chi connectivity index (χ1) is 30.6. The summed E-state index contributed by atoms with van der Waals surface area (Å²) < 4.78 is 16.9. The zero-order chi connectivity index (χ0) is 46.3. The van der Waals surface area contributed by atoms with Crippen molar-refractivity contribution in [2.45, 2.75) is 317 Å². The van der Waals surface area contributed by atoms with Gasteiger partial charge in [-0.25, -0.2) is 0 Å². The fourth-order valence-corrected chi connectivity index (χ4v) is 8.65. The molecule has 0 aromatic carbocycles. The number of ether oxygens (including phenoxy) is 3. The maximum atomic E-state index is 12.8. The molecule has 0 spiro atoms. The van der Waals surface area contributed by atoms with Crippen LogP contribution >= 0.6 is 0 Å². The van der Waals surface area contributed by atoms with Gasteiger partial charge in [-0.15, -0.1) is 0 Å². The van der Waals surface area contributed by atoms with E-state index in [2.05, 4.69) is 41.5 Å². The highest BCUT2D eigenvalue weighted by Crippen LogP contribution is 2.18. The van der Waals surface area contributed by atoms with Gasteiger partial charge >= 0.3 is 17.9 Å². The Labute approximate surface area is 393 Å². The van der Waals surface area contributed by atoms with Crippen molar-refractivity contribution in [3.8, 4) is 0 Å². The minimum Gasteiger partial charge on any atom is -0.462 e. The van der Waals surface area contributed by atoms with Gasteiger partial charge in [-0.1, -0.05) is 273 Å². The Balaban J connectivity index is 4.26. The predicted octanol–water partition coefficient (Wildman–Crippen LogP) is 18.3. The summed E-state index contributed by atoms with van der Waals surface area (Å²) in [6, 6.07) is 0. The van der Waals surface area contributed by atoms with E-state index in [0.717, 1.165) is 75.5 Å². The fourth-order valence-electron chi connectivity index (χ4n) is 8.65. The van der Waals surface area contributed by atoms with Crippen LogP contribution in [0.5, 0.6) is 0 Å². The number of hydrogen-bond donors (Lipinski definition) is 0. The Morgan fingerprint density at radius 2 is 0.460 bits per heavy atom. The Morgan fingerprint density at radius 1 is 0.270 bits per heavy atom. The van der Waals surface area contributed by atoms with Gasteiger partial charge in [0.1, 0.15) is 13.2 Å². The first-order valence-electron chi connectivity index (χ1n) is 28.1. The van der Waals surface area contributed by atoms with Crippen LogP contribution in [0.4, 0.5) is 0 Å². The van der Waals surface area contributed by atoms with Crippen LogP contribution in [0.2, 0.25) is 0 Å². The van der Waals surface area contributed by atoms with Crippen LogP contribution in [0, 0.1) is 17.8 Å². The summed E-state index contributed by atoms with van der Waals surface area (Å²) in [5, 5.41) is 0. The third-order valence-corrected chi connectivity index (χ3v) is 12.9. The molecule has 6 nitrogen and oxygen atoms in total. The second-order valence-corrected chi connectivity index (χ2v) is 21.0. The molecule has 0 aliphatic rings. The maximum Gasteiger partial charge on any atom is 0.306 e. The van der Waals surface area contributed by atoms with E-state index in [1.54, 1.807) is 0 Å². The third kappa shape index (κ3) is 51.3. The van der Waals surface area contributed by atoms with Gasteiger partial charge in [0.15, 0.2) is 6.10 Å². The van der Waals surface area contributed by atoms with Gasteiger partial charge in [0.25, 0.3) is 0 Å². The summed E-state index contributed by atoms with van der Waals surface area (Å²) in [6.07, 6.45) is 49.6. The van der Waals surface area contributed by atoms with E-state index in [0.29, 0.717) is 19.3 Å². The zero-order valence-electron chi connectivity index (χ0n) is 43.4. The number of rotatable bonds is 50. The summed E-state index contributed by atoms with van der Waals surface area (Å²) in [5.74, 6) is 1.63. The van der Waals surface area contributed by atoms with Gasteiger partial charge in [0, 0.05) is 19.3 Å². The van der Waals surface area contributed by atoms with Crippen LogP contribution in [0.1, 0.15) is 311 Å². The molecule has 63 heavy (non-hydrogen) atoms. The molecule has 0 saturated heterocycles. The van der Waals surface area contributed by atoms with Crippen molar-refractivity contribution in [1.82, 2.24) is 0 Å². The second kappa shape index (κ2) is 48.3. The molecule has 0 rings (SSSR count). The molecule has 0 unspecified atom stereocenters. The number of hydrogen-bond acceptors (Lipinski definition) is 6. The van der Waals surface area contributed by atoms with Crippen molar-refractivity contribution in [3.63, 3.8) is 0 Å². The van der Waals surface area contributed by atoms with E-state index in [1.165, 1.54) is 193 Å². The Morgan fingerprint density at radius 3 is 0.683 bits per heavy atom. The van der Waals surface area contributed by atoms with Crippen LogP contribution < -0.4 is 0 Å². The van der Waals surface area contributed by atoms with Crippen molar-refractivity contribution >= 4 is 17.9 Å². The average Bonchev–Trinajstić information content (AvgIpc) is 3.24. The van der Waals surface area contributed by atoms with Crippen LogP contribution in [-0.4, -0.2) is 37.2 Å². The molecule has 0 N–H and O–H groups in total. The molecular weight excluding hydrogens is 781 g/mol. The molecule has 0 fully saturated rings. The molecule has 0 aliphatic carbocycles. The molecule has 1 atom stereocenters. The molecule has 0 aromatic heterocycles. The highest BCUT2D eigenvalue weighted by Gasteiger charge is 2.19. The topological polar surface area (TPSA) is 78.9 Å². The third-order valence-electron chi connectivity index (χ3n) is 12.9. The Hall–Kier alpha value is -1.59. The predicted molar refractivity (Wildman–Crippen MR) is 270 cm³/mol. The molecule has 0 saturated carbocycles. The average molecular weight is 892 g/mol. The number of unbranched alkanes of at least 4 members (excludes halogenated alkanes) is 33. The minimum absolute atomic E-state index is 0.0641. The standard InChI is InChI=1S/C57H110O6/c1-51(2)43-37-31-25-19-15-11-9-7-8-10-12-17-21-28-34-40-46-55(58)61-49-54(50-62-56(59)47-41-35-29-24-23-27-33-39-45-53(5)6)63-57(60)48-42-36-30-22-18-14-13-16-20-26-32-38-44-52(3)4/h51-54H,7-50H2,1-6H3/t54-/m0/s1. The number of carbonyl (C=O) groups is 3. The fraction of sp³-hybridized carbons (Fsp3) is 0.947. The van der Waals surface area contributed by atoms with Gasteiger partial charge in [0.05, 0.1) is 0 Å². The molecule has 0 amide bonds. The van der Waals surface area contributed by atoms with E-state index in [1.807, 2.05) is 0 Å². The first kappa shape index (κ1) is 61.4. The summed E-state index contributed by atoms with van der Waals surface area (Å²) in [6.45, 7) is 13.7. The van der Waals surface area contributed by atoms with Crippen LogP contribution in [0.25, 0.3) is 0 Å². The monoisotopic (exact) mass is 891 g/mol. The molecule has 0 aliphatic heterocycles. The van der Waals surface area contributed by atoms with Crippen LogP contribution in [-0.2, 0) is 28.6 Å². The van der Waals surface area contributed by atoms with Crippen molar-refractivity contribution in [2.75, 3.05) is 13.2 Å². The van der Waals surface area contributed by atoms with Gasteiger partial charge < -0.3 is 14.2 Å². The number of carbonyl (C=O) groups excluding carboxylic acids is 3. The molecule has 6 heteroatoms.